The highest BCUT2D eigenvalue weighted by molar-refractivity contribution is 14.1. The van der Waals surface area contributed by atoms with Gasteiger partial charge in [-0.1, -0.05) is 6.07 Å². The maximum absolute atomic E-state index is 12.0. The van der Waals surface area contributed by atoms with Gasteiger partial charge in [0.25, 0.3) is 0 Å². The van der Waals surface area contributed by atoms with Crippen LogP contribution >= 0.6 is 34.2 Å². The predicted octanol–water partition coefficient (Wildman–Crippen LogP) is 3.24. The normalized spacial score (nSPS) is 10.6. The Kier molecular flexibility index (Phi) is 5.40. The second kappa shape index (κ2) is 6.34. The van der Waals surface area contributed by atoms with Gasteiger partial charge in [0.2, 0.25) is 0 Å². The first-order valence-electron chi connectivity index (χ1n) is 4.34. The van der Waals surface area contributed by atoms with Gasteiger partial charge in [-0.2, -0.15) is 8.78 Å². The minimum absolute atomic E-state index is 0.0497. The summed E-state index contributed by atoms with van der Waals surface area (Å²) < 4.78 is 28.8. The van der Waals surface area contributed by atoms with Gasteiger partial charge in [0.1, 0.15) is 5.75 Å². The van der Waals surface area contributed by atoms with Crippen LogP contribution in [-0.2, 0) is 11.2 Å². The Labute approximate surface area is 110 Å². The number of alkyl halides is 3. The molecule has 0 N–H and O–H groups in total. The van der Waals surface area contributed by atoms with E-state index in [0.29, 0.717) is 3.57 Å². The lowest BCUT2D eigenvalue weighted by molar-refractivity contribution is -0.116. The smallest absolute Gasteiger partial charge is 0.387 e. The number of rotatable bonds is 5. The van der Waals surface area contributed by atoms with Crippen LogP contribution in [0.4, 0.5) is 8.78 Å². The van der Waals surface area contributed by atoms with Crippen molar-refractivity contribution in [3.63, 3.8) is 0 Å². The summed E-state index contributed by atoms with van der Waals surface area (Å²) in [6.07, 6.45) is 0.203. The highest BCUT2D eigenvalue weighted by Gasteiger charge is 2.09. The molecule has 0 aliphatic carbocycles. The van der Waals surface area contributed by atoms with Crippen LogP contribution in [0.2, 0.25) is 0 Å². The summed E-state index contributed by atoms with van der Waals surface area (Å²) in [6, 6.07) is 4.62. The van der Waals surface area contributed by atoms with Gasteiger partial charge in [-0.15, -0.1) is 11.6 Å². The quantitative estimate of drug-likeness (QED) is 0.595. The van der Waals surface area contributed by atoms with Crippen molar-refractivity contribution in [2.45, 2.75) is 13.0 Å². The Morgan fingerprint density at radius 2 is 2.19 bits per heavy atom. The number of carbonyl (C=O) groups excluding carboxylic acids is 1. The first-order chi connectivity index (χ1) is 7.52. The van der Waals surface area contributed by atoms with E-state index >= 15 is 0 Å². The lowest BCUT2D eigenvalue weighted by Crippen LogP contribution is -2.06. The van der Waals surface area contributed by atoms with Crippen LogP contribution in [0.25, 0.3) is 0 Å². The Balaban J connectivity index is 2.78. The minimum atomic E-state index is -2.84. The number of benzene rings is 1. The third-order valence-electron chi connectivity index (χ3n) is 1.76. The fourth-order valence-corrected chi connectivity index (χ4v) is 1.92. The molecule has 0 bridgehead atoms. The summed E-state index contributed by atoms with van der Waals surface area (Å²) in [6.45, 7) is -2.84. The summed E-state index contributed by atoms with van der Waals surface area (Å²) >= 11 is 7.24. The number of carbonyl (C=O) groups is 1. The molecule has 0 unspecified atom stereocenters. The molecule has 2 nitrogen and oxygen atoms in total. The molecule has 0 aliphatic rings. The lowest BCUT2D eigenvalue weighted by Gasteiger charge is -2.08. The molecule has 1 rings (SSSR count). The van der Waals surface area contributed by atoms with Crippen molar-refractivity contribution in [1.82, 2.24) is 0 Å². The number of ketones is 1. The highest BCUT2D eigenvalue weighted by Crippen LogP contribution is 2.24. The number of ether oxygens (including phenoxy) is 1. The molecular formula is C10H8ClF2IO2. The standard InChI is InChI=1S/C10H8ClF2IO2/c11-5-7(15)3-6-1-2-9(8(14)4-6)16-10(12)13/h1-2,4,10H,3,5H2. The maximum atomic E-state index is 12.0. The Bertz CT molecular complexity index is 385. The topological polar surface area (TPSA) is 26.3 Å². The van der Waals surface area contributed by atoms with E-state index in [1.54, 1.807) is 12.1 Å². The largest absolute Gasteiger partial charge is 0.434 e. The SMILES string of the molecule is O=C(CCl)Cc1ccc(OC(F)F)c(I)c1. The summed E-state index contributed by atoms with van der Waals surface area (Å²) in [5.74, 6) is -0.0519. The Morgan fingerprint density at radius 3 is 2.69 bits per heavy atom. The summed E-state index contributed by atoms with van der Waals surface area (Å²) in [5, 5.41) is 0. The van der Waals surface area contributed by atoms with E-state index in [4.69, 9.17) is 11.6 Å². The molecule has 88 valence electrons. The van der Waals surface area contributed by atoms with E-state index in [2.05, 4.69) is 4.74 Å². The van der Waals surface area contributed by atoms with Crippen LogP contribution < -0.4 is 4.74 Å². The van der Waals surface area contributed by atoms with Gasteiger partial charge in [-0.05, 0) is 40.3 Å². The Morgan fingerprint density at radius 1 is 1.50 bits per heavy atom. The van der Waals surface area contributed by atoms with Crippen molar-refractivity contribution in [2.75, 3.05) is 5.88 Å². The zero-order chi connectivity index (χ0) is 12.1. The van der Waals surface area contributed by atoms with Crippen molar-refractivity contribution < 1.29 is 18.3 Å². The lowest BCUT2D eigenvalue weighted by atomic mass is 10.1. The van der Waals surface area contributed by atoms with Gasteiger partial charge in [0.05, 0.1) is 9.45 Å². The van der Waals surface area contributed by atoms with Crippen LogP contribution in [0, 0.1) is 3.57 Å². The van der Waals surface area contributed by atoms with Crippen molar-refractivity contribution in [3.8, 4) is 5.75 Å². The van der Waals surface area contributed by atoms with E-state index in [1.807, 2.05) is 22.6 Å². The summed E-state index contributed by atoms with van der Waals surface area (Å²) in [7, 11) is 0. The average molecular weight is 361 g/mol. The van der Waals surface area contributed by atoms with Gasteiger partial charge < -0.3 is 4.74 Å². The molecule has 0 fully saturated rings. The molecule has 0 saturated heterocycles. The Hall–Kier alpha value is -0.430. The third-order valence-corrected chi connectivity index (χ3v) is 2.90. The second-order valence-corrected chi connectivity index (χ2v) is 4.42. The first-order valence-corrected chi connectivity index (χ1v) is 5.95. The van der Waals surface area contributed by atoms with Gasteiger partial charge in [-0.25, -0.2) is 0 Å². The molecule has 0 amide bonds. The van der Waals surface area contributed by atoms with E-state index in [-0.39, 0.29) is 23.8 Å². The molecule has 0 radical (unpaired) electrons. The molecule has 0 heterocycles. The highest BCUT2D eigenvalue weighted by atomic mass is 127. The number of halogens is 4. The number of Topliss-reactive ketones (excluding diaryl/α,β-unsaturated/α-hetero) is 1. The zero-order valence-corrected chi connectivity index (χ0v) is 11.0. The fraction of sp³-hybridized carbons (Fsp3) is 0.300. The molecular weight excluding hydrogens is 352 g/mol. The third kappa shape index (κ3) is 4.21. The minimum Gasteiger partial charge on any atom is -0.434 e. The van der Waals surface area contributed by atoms with Crippen LogP contribution in [0.3, 0.4) is 0 Å². The van der Waals surface area contributed by atoms with Crippen LogP contribution in [0.15, 0.2) is 18.2 Å². The van der Waals surface area contributed by atoms with Crippen molar-refractivity contribution in [1.29, 1.82) is 0 Å². The molecule has 0 aliphatic heterocycles. The number of hydrogen-bond acceptors (Lipinski definition) is 2. The van der Waals surface area contributed by atoms with Gasteiger partial charge in [-0.3, -0.25) is 4.79 Å². The molecule has 16 heavy (non-hydrogen) atoms. The van der Waals surface area contributed by atoms with E-state index in [9.17, 15) is 13.6 Å². The average Bonchev–Trinajstić information content (AvgIpc) is 2.21. The monoisotopic (exact) mass is 360 g/mol. The molecule has 1 aromatic carbocycles. The van der Waals surface area contributed by atoms with Crippen molar-refractivity contribution >= 4 is 40.0 Å². The maximum Gasteiger partial charge on any atom is 0.387 e. The first kappa shape index (κ1) is 13.6. The van der Waals surface area contributed by atoms with E-state index < -0.39 is 6.61 Å². The molecule has 6 heteroatoms. The molecule has 0 aromatic heterocycles. The van der Waals surface area contributed by atoms with Crippen LogP contribution in [-0.4, -0.2) is 18.3 Å². The molecule has 0 spiro atoms. The van der Waals surface area contributed by atoms with Crippen molar-refractivity contribution in [3.05, 3.63) is 27.3 Å². The van der Waals surface area contributed by atoms with E-state index in [0.717, 1.165) is 5.56 Å². The predicted molar refractivity (Wildman–Crippen MR) is 65.2 cm³/mol. The number of hydrogen-bond donors (Lipinski definition) is 0. The van der Waals surface area contributed by atoms with Gasteiger partial charge in [0.15, 0.2) is 5.78 Å². The van der Waals surface area contributed by atoms with Gasteiger partial charge >= 0.3 is 6.61 Å². The summed E-state index contributed by atoms with van der Waals surface area (Å²) in [4.78, 5) is 11.1. The second-order valence-electron chi connectivity index (χ2n) is 2.99. The van der Waals surface area contributed by atoms with E-state index in [1.165, 1.54) is 6.07 Å². The summed E-state index contributed by atoms with van der Waals surface area (Å²) in [5.41, 5.74) is 0.733. The van der Waals surface area contributed by atoms with Crippen molar-refractivity contribution in [2.24, 2.45) is 0 Å². The molecule has 1 aromatic rings. The molecule has 0 saturated carbocycles. The van der Waals surface area contributed by atoms with Crippen LogP contribution in [0.5, 0.6) is 5.75 Å². The van der Waals surface area contributed by atoms with Gasteiger partial charge in [0, 0.05) is 6.42 Å². The molecule has 0 atom stereocenters. The fourth-order valence-electron chi connectivity index (χ4n) is 1.12. The van der Waals surface area contributed by atoms with Crippen LogP contribution in [0.1, 0.15) is 5.56 Å². The zero-order valence-electron chi connectivity index (χ0n) is 8.05.